The van der Waals surface area contributed by atoms with Gasteiger partial charge in [-0.2, -0.15) is 22.0 Å². The topological polar surface area (TPSA) is 9.23 Å². The number of alkyl halides is 5. The van der Waals surface area contributed by atoms with E-state index in [9.17, 15) is 26.3 Å². The zero-order valence-corrected chi connectivity index (χ0v) is 23.1. The first kappa shape index (κ1) is 30.4. The SMILES string of the molecule is CC1CCC(c2ccc(C3CCC(C(F)(F)Oc4cc(F)c(-c5ccc(C(F)(F)F)c(F)c5)c(F)c4)CC3)cc2)CC1. The van der Waals surface area contributed by atoms with Crippen molar-refractivity contribution in [1.82, 2.24) is 0 Å². The molecular weight excluding hydrogens is 564 g/mol. The monoisotopic (exact) mass is 596 g/mol. The van der Waals surface area contributed by atoms with Gasteiger partial charge in [0.1, 0.15) is 23.2 Å². The van der Waals surface area contributed by atoms with Gasteiger partial charge in [0.05, 0.1) is 17.0 Å². The second-order valence-electron chi connectivity index (χ2n) is 11.8. The summed E-state index contributed by atoms with van der Waals surface area (Å²) in [6.07, 6.45) is -2.49. The molecule has 0 N–H and O–H groups in total. The predicted octanol–water partition coefficient (Wildman–Crippen LogP) is 11.0. The molecular formula is C33H32F8O. The third-order valence-electron chi connectivity index (χ3n) is 8.93. The maximum absolute atomic E-state index is 15.1. The highest BCUT2D eigenvalue weighted by atomic mass is 19.4. The van der Waals surface area contributed by atoms with E-state index in [0.717, 1.165) is 11.5 Å². The van der Waals surface area contributed by atoms with Gasteiger partial charge >= 0.3 is 12.3 Å². The Morgan fingerprint density at radius 1 is 0.619 bits per heavy atom. The van der Waals surface area contributed by atoms with Crippen LogP contribution in [0.1, 0.15) is 86.8 Å². The first-order valence-electron chi connectivity index (χ1n) is 14.3. The molecule has 42 heavy (non-hydrogen) atoms. The second-order valence-corrected chi connectivity index (χ2v) is 11.8. The molecule has 3 aromatic carbocycles. The standard InChI is InChI=1S/C33H32F8O/c1-19-2-4-20(5-3-19)21-6-8-22(9-7-21)23-10-13-25(14-11-23)33(40,41)42-26-17-29(35)31(30(36)18-26)24-12-15-27(28(34)16-24)32(37,38)39/h6-9,12,15-20,23,25H,2-5,10-11,13-14H2,1H3. The van der Waals surface area contributed by atoms with Crippen molar-refractivity contribution in [3.05, 3.63) is 88.7 Å². The first-order chi connectivity index (χ1) is 19.8. The van der Waals surface area contributed by atoms with E-state index in [0.29, 0.717) is 49.1 Å². The Kier molecular flexibility index (Phi) is 8.59. The molecule has 2 aliphatic rings. The molecule has 0 amide bonds. The Morgan fingerprint density at radius 3 is 1.60 bits per heavy atom. The average molecular weight is 597 g/mol. The summed E-state index contributed by atoms with van der Waals surface area (Å²) in [5.41, 5.74) is -0.498. The molecule has 0 atom stereocenters. The van der Waals surface area contributed by atoms with Crippen LogP contribution in [-0.4, -0.2) is 6.11 Å². The van der Waals surface area contributed by atoms with Crippen LogP contribution < -0.4 is 4.74 Å². The molecule has 0 unspecified atom stereocenters. The van der Waals surface area contributed by atoms with Gasteiger partial charge in [0.2, 0.25) is 0 Å². The minimum absolute atomic E-state index is 0.135. The van der Waals surface area contributed by atoms with Gasteiger partial charge in [0.15, 0.2) is 0 Å². The highest BCUT2D eigenvalue weighted by molar-refractivity contribution is 5.66. The van der Waals surface area contributed by atoms with Crippen molar-refractivity contribution in [3.8, 4) is 16.9 Å². The van der Waals surface area contributed by atoms with Crippen LogP contribution in [0.3, 0.4) is 0 Å². The van der Waals surface area contributed by atoms with E-state index in [2.05, 4.69) is 31.2 Å². The molecule has 2 aliphatic carbocycles. The number of halogens is 8. The largest absolute Gasteiger partial charge is 0.432 e. The number of hydrogen-bond acceptors (Lipinski definition) is 1. The normalized spacial score (nSPS) is 23.5. The predicted molar refractivity (Wildman–Crippen MR) is 144 cm³/mol. The maximum Gasteiger partial charge on any atom is 0.419 e. The summed E-state index contributed by atoms with van der Waals surface area (Å²) < 4.78 is 117. The Balaban J connectivity index is 1.22. The van der Waals surface area contributed by atoms with E-state index in [4.69, 9.17) is 4.74 Å². The molecule has 0 saturated heterocycles. The third kappa shape index (κ3) is 6.60. The molecule has 1 nitrogen and oxygen atoms in total. The van der Waals surface area contributed by atoms with Gasteiger partial charge in [-0.3, -0.25) is 0 Å². The Labute approximate surface area is 239 Å². The molecule has 3 aromatic rings. The van der Waals surface area contributed by atoms with E-state index in [1.54, 1.807) is 0 Å². The Morgan fingerprint density at radius 2 is 1.12 bits per heavy atom. The summed E-state index contributed by atoms with van der Waals surface area (Å²) in [6, 6.07) is 11.0. The lowest BCUT2D eigenvalue weighted by atomic mass is 9.76. The molecule has 0 spiro atoms. The number of benzene rings is 3. The molecule has 0 radical (unpaired) electrons. The van der Waals surface area contributed by atoms with Crippen molar-refractivity contribution < 1.29 is 39.9 Å². The molecule has 2 saturated carbocycles. The first-order valence-corrected chi connectivity index (χ1v) is 14.3. The molecule has 0 bridgehead atoms. The minimum atomic E-state index is -4.99. The van der Waals surface area contributed by atoms with E-state index < -0.39 is 58.1 Å². The second kappa shape index (κ2) is 11.9. The summed E-state index contributed by atoms with van der Waals surface area (Å²) in [5, 5.41) is 0. The van der Waals surface area contributed by atoms with E-state index in [-0.39, 0.29) is 18.8 Å². The van der Waals surface area contributed by atoms with E-state index in [1.807, 2.05) is 0 Å². The fourth-order valence-corrected chi connectivity index (χ4v) is 6.42. The van der Waals surface area contributed by atoms with Crippen molar-refractivity contribution in [2.45, 2.75) is 82.4 Å². The van der Waals surface area contributed by atoms with Crippen molar-refractivity contribution in [1.29, 1.82) is 0 Å². The third-order valence-corrected chi connectivity index (χ3v) is 8.93. The fraction of sp³-hybridized carbons (Fsp3) is 0.455. The van der Waals surface area contributed by atoms with Crippen LogP contribution in [0.15, 0.2) is 54.6 Å². The van der Waals surface area contributed by atoms with Crippen LogP contribution in [0.5, 0.6) is 5.75 Å². The van der Waals surface area contributed by atoms with Gasteiger partial charge in [0, 0.05) is 12.1 Å². The summed E-state index contributed by atoms with van der Waals surface area (Å²) in [7, 11) is 0. The van der Waals surface area contributed by atoms with Gasteiger partial charge in [-0.05, 0) is 85.1 Å². The average Bonchev–Trinajstić information content (AvgIpc) is 2.92. The van der Waals surface area contributed by atoms with Gasteiger partial charge in [-0.15, -0.1) is 0 Å². The molecule has 9 heteroatoms. The van der Waals surface area contributed by atoms with Crippen molar-refractivity contribution in [3.63, 3.8) is 0 Å². The fourth-order valence-electron chi connectivity index (χ4n) is 6.42. The van der Waals surface area contributed by atoms with Crippen molar-refractivity contribution in [2.75, 3.05) is 0 Å². The highest BCUT2D eigenvalue weighted by Crippen LogP contribution is 2.44. The molecule has 0 heterocycles. The van der Waals surface area contributed by atoms with Crippen LogP contribution in [-0.2, 0) is 6.18 Å². The summed E-state index contributed by atoms with van der Waals surface area (Å²) in [4.78, 5) is 0. The van der Waals surface area contributed by atoms with Crippen LogP contribution in [0.4, 0.5) is 35.1 Å². The molecule has 2 fully saturated rings. The van der Waals surface area contributed by atoms with Crippen LogP contribution in [0, 0.1) is 29.3 Å². The van der Waals surface area contributed by atoms with Gasteiger partial charge < -0.3 is 4.74 Å². The molecule has 0 aromatic heterocycles. The molecule has 226 valence electrons. The lowest BCUT2D eigenvalue weighted by Gasteiger charge is -2.33. The smallest absolute Gasteiger partial charge is 0.419 e. The van der Waals surface area contributed by atoms with E-state index >= 15 is 8.78 Å². The minimum Gasteiger partial charge on any atom is -0.432 e. The lowest BCUT2D eigenvalue weighted by Crippen LogP contribution is -2.37. The summed E-state index contributed by atoms with van der Waals surface area (Å²) in [5.74, 6) is -4.89. The Hall–Kier alpha value is -3.10. The van der Waals surface area contributed by atoms with Gasteiger partial charge in [-0.1, -0.05) is 50.1 Å². The zero-order valence-electron chi connectivity index (χ0n) is 23.1. The van der Waals surface area contributed by atoms with Gasteiger partial charge in [-0.25, -0.2) is 13.2 Å². The Bertz CT molecular complexity index is 1360. The summed E-state index contributed by atoms with van der Waals surface area (Å²) in [6.45, 7) is 2.28. The van der Waals surface area contributed by atoms with Crippen molar-refractivity contribution >= 4 is 0 Å². The zero-order chi connectivity index (χ0) is 30.2. The molecule has 0 aliphatic heterocycles. The van der Waals surface area contributed by atoms with Gasteiger partial charge in [0.25, 0.3) is 0 Å². The summed E-state index contributed by atoms with van der Waals surface area (Å²) >= 11 is 0. The van der Waals surface area contributed by atoms with Crippen LogP contribution in [0.2, 0.25) is 0 Å². The number of rotatable bonds is 6. The quantitative estimate of drug-likeness (QED) is 0.257. The number of ether oxygens (including phenoxy) is 1. The number of hydrogen-bond donors (Lipinski definition) is 0. The highest BCUT2D eigenvalue weighted by Gasteiger charge is 2.44. The van der Waals surface area contributed by atoms with Crippen LogP contribution >= 0.6 is 0 Å². The van der Waals surface area contributed by atoms with Crippen LogP contribution in [0.25, 0.3) is 11.1 Å². The van der Waals surface area contributed by atoms with Crippen molar-refractivity contribution in [2.24, 2.45) is 11.8 Å². The lowest BCUT2D eigenvalue weighted by molar-refractivity contribution is -0.222. The molecule has 5 rings (SSSR count). The maximum atomic E-state index is 15.1. The van der Waals surface area contributed by atoms with E-state index in [1.165, 1.54) is 31.2 Å².